The molecule has 0 aromatic heterocycles. The molecule has 2 aromatic carbocycles. The lowest BCUT2D eigenvalue weighted by atomic mass is 10.1. The van der Waals surface area contributed by atoms with Gasteiger partial charge in [-0.2, -0.15) is 0 Å². The molecule has 0 aliphatic carbocycles. The lowest BCUT2D eigenvalue weighted by Crippen LogP contribution is -2.04. The molecule has 0 amide bonds. The highest BCUT2D eigenvalue weighted by molar-refractivity contribution is 5.77. The topological polar surface area (TPSA) is 21.6 Å². The Morgan fingerprint density at radius 1 is 0.955 bits per heavy atom. The van der Waals surface area contributed by atoms with E-state index in [1.165, 1.54) is 5.56 Å². The Bertz CT molecular complexity index is 673. The monoisotopic (exact) mass is 291 g/mol. The maximum Gasteiger partial charge on any atom is 0.129 e. The third-order valence-electron chi connectivity index (χ3n) is 3.84. The van der Waals surface area contributed by atoms with Gasteiger partial charge in [-0.05, 0) is 43.9 Å². The zero-order valence-corrected chi connectivity index (χ0v) is 12.9. The first kappa shape index (κ1) is 14.6. The fraction of sp³-hybridized carbons (Fsp3) is 0.250. The van der Waals surface area contributed by atoms with Gasteiger partial charge in [-0.1, -0.05) is 48.5 Å². The maximum absolute atomic E-state index is 6.21. The molecule has 0 saturated heterocycles. The molecule has 0 bridgehead atoms. The summed E-state index contributed by atoms with van der Waals surface area (Å²) in [6.45, 7) is 2.08. The molecule has 0 radical (unpaired) electrons. The van der Waals surface area contributed by atoms with Gasteiger partial charge in [0.15, 0.2) is 0 Å². The molecule has 3 rings (SSSR count). The summed E-state index contributed by atoms with van der Waals surface area (Å²) in [5, 5.41) is 0. The van der Waals surface area contributed by atoms with E-state index >= 15 is 0 Å². The van der Waals surface area contributed by atoms with Gasteiger partial charge in [0.25, 0.3) is 0 Å². The molecule has 0 spiro atoms. The molecule has 0 fully saturated rings. The van der Waals surface area contributed by atoms with Crippen molar-refractivity contribution in [3.8, 4) is 5.75 Å². The van der Waals surface area contributed by atoms with Crippen LogP contribution in [0.25, 0.3) is 5.70 Å². The molecular weight excluding hydrogens is 270 g/mol. The molecule has 2 aromatic rings. The van der Waals surface area contributed by atoms with E-state index in [1.54, 1.807) is 0 Å². The van der Waals surface area contributed by atoms with E-state index in [9.17, 15) is 0 Å². The SMILES string of the molecule is CC(Oc1ccccc1C1=CCCCC=N1)c1ccccc1. The minimum absolute atomic E-state index is 0.0118. The molecule has 0 saturated carbocycles. The predicted octanol–water partition coefficient (Wildman–Crippen LogP) is 5.42. The van der Waals surface area contributed by atoms with Crippen molar-refractivity contribution in [3.63, 3.8) is 0 Å². The van der Waals surface area contributed by atoms with Crippen LogP contribution in [0, 0.1) is 0 Å². The molecule has 1 aliphatic heterocycles. The van der Waals surface area contributed by atoms with Gasteiger partial charge >= 0.3 is 0 Å². The number of ether oxygens (including phenoxy) is 1. The Labute approximate surface area is 132 Å². The van der Waals surface area contributed by atoms with Crippen LogP contribution in [0.15, 0.2) is 65.7 Å². The fourth-order valence-electron chi connectivity index (χ4n) is 2.61. The number of allylic oxidation sites excluding steroid dienone is 1. The summed E-state index contributed by atoms with van der Waals surface area (Å²) < 4.78 is 6.21. The van der Waals surface area contributed by atoms with Gasteiger partial charge in [0.05, 0.1) is 5.70 Å². The number of aliphatic imine (C=N–C) groups is 1. The van der Waals surface area contributed by atoms with E-state index in [2.05, 4.69) is 36.2 Å². The first-order valence-electron chi connectivity index (χ1n) is 7.88. The number of benzene rings is 2. The maximum atomic E-state index is 6.21. The average Bonchev–Trinajstić information content (AvgIpc) is 2.85. The molecule has 2 heteroatoms. The summed E-state index contributed by atoms with van der Waals surface area (Å²) >= 11 is 0. The van der Waals surface area contributed by atoms with Crippen molar-refractivity contribution >= 4 is 11.9 Å². The second-order valence-electron chi connectivity index (χ2n) is 5.50. The van der Waals surface area contributed by atoms with E-state index in [0.717, 1.165) is 36.3 Å². The van der Waals surface area contributed by atoms with Crippen molar-refractivity contribution in [2.45, 2.75) is 32.3 Å². The van der Waals surface area contributed by atoms with Gasteiger partial charge in [0, 0.05) is 11.8 Å². The van der Waals surface area contributed by atoms with Crippen LogP contribution < -0.4 is 4.74 Å². The van der Waals surface area contributed by atoms with Crippen LogP contribution in [0.5, 0.6) is 5.75 Å². The number of hydrogen-bond donors (Lipinski definition) is 0. The normalized spacial score (nSPS) is 15.8. The zero-order valence-electron chi connectivity index (χ0n) is 12.9. The first-order chi connectivity index (χ1) is 10.8. The van der Waals surface area contributed by atoms with Crippen LogP contribution in [0.1, 0.15) is 43.4 Å². The Balaban J connectivity index is 1.87. The van der Waals surface area contributed by atoms with Crippen LogP contribution in [0.3, 0.4) is 0 Å². The Kier molecular flexibility index (Phi) is 4.69. The fourth-order valence-corrected chi connectivity index (χ4v) is 2.61. The second-order valence-corrected chi connectivity index (χ2v) is 5.50. The van der Waals surface area contributed by atoms with Gasteiger partial charge in [-0.3, -0.25) is 4.99 Å². The van der Waals surface area contributed by atoms with Gasteiger partial charge in [0.1, 0.15) is 11.9 Å². The van der Waals surface area contributed by atoms with Gasteiger partial charge in [-0.25, -0.2) is 0 Å². The smallest absolute Gasteiger partial charge is 0.129 e. The van der Waals surface area contributed by atoms with E-state index in [-0.39, 0.29) is 6.10 Å². The lowest BCUT2D eigenvalue weighted by molar-refractivity contribution is 0.226. The lowest BCUT2D eigenvalue weighted by Gasteiger charge is -2.18. The van der Waals surface area contributed by atoms with E-state index < -0.39 is 0 Å². The Hall–Kier alpha value is -2.35. The van der Waals surface area contributed by atoms with Gasteiger partial charge in [0.2, 0.25) is 0 Å². The van der Waals surface area contributed by atoms with Crippen LogP contribution in [-0.4, -0.2) is 6.21 Å². The number of para-hydroxylation sites is 1. The molecule has 2 nitrogen and oxygen atoms in total. The molecule has 1 heterocycles. The summed E-state index contributed by atoms with van der Waals surface area (Å²) in [4.78, 5) is 4.59. The quantitative estimate of drug-likeness (QED) is 0.736. The third kappa shape index (κ3) is 3.45. The van der Waals surface area contributed by atoms with Crippen LogP contribution in [0.4, 0.5) is 0 Å². The van der Waals surface area contributed by atoms with E-state index in [4.69, 9.17) is 4.74 Å². The van der Waals surface area contributed by atoms with E-state index in [1.807, 2.05) is 42.6 Å². The van der Waals surface area contributed by atoms with Crippen molar-refractivity contribution < 1.29 is 4.74 Å². The van der Waals surface area contributed by atoms with E-state index in [0.29, 0.717) is 0 Å². The number of nitrogens with zero attached hydrogens (tertiary/aromatic N) is 1. The highest BCUT2D eigenvalue weighted by Gasteiger charge is 2.12. The Morgan fingerprint density at radius 3 is 2.59 bits per heavy atom. The third-order valence-corrected chi connectivity index (χ3v) is 3.84. The molecule has 1 aliphatic rings. The van der Waals surface area contributed by atoms with Crippen molar-refractivity contribution in [1.82, 2.24) is 0 Å². The number of rotatable bonds is 4. The first-order valence-corrected chi connectivity index (χ1v) is 7.88. The molecule has 22 heavy (non-hydrogen) atoms. The van der Waals surface area contributed by atoms with Crippen molar-refractivity contribution in [2.24, 2.45) is 4.99 Å². The van der Waals surface area contributed by atoms with Crippen LogP contribution in [0.2, 0.25) is 0 Å². The zero-order chi connectivity index (χ0) is 15.2. The molecule has 112 valence electrons. The summed E-state index contributed by atoms with van der Waals surface area (Å²) in [7, 11) is 0. The standard InChI is InChI=1S/C20H21NO/c1-16(17-10-4-2-5-11-17)22-20-14-8-7-12-18(20)19-13-6-3-9-15-21-19/h2,4-5,7-8,10-16H,3,6,9H2,1H3. The molecule has 1 unspecified atom stereocenters. The highest BCUT2D eigenvalue weighted by atomic mass is 16.5. The van der Waals surface area contributed by atoms with Crippen LogP contribution in [-0.2, 0) is 0 Å². The minimum Gasteiger partial charge on any atom is -0.485 e. The summed E-state index contributed by atoms with van der Waals surface area (Å²) in [5.41, 5.74) is 3.27. The van der Waals surface area contributed by atoms with Crippen molar-refractivity contribution in [1.29, 1.82) is 0 Å². The summed E-state index contributed by atoms with van der Waals surface area (Å²) in [6.07, 6.45) is 7.50. The molecular formula is C20H21NO. The Morgan fingerprint density at radius 2 is 1.73 bits per heavy atom. The largest absolute Gasteiger partial charge is 0.485 e. The summed E-state index contributed by atoms with van der Waals surface area (Å²) in [5.74, 6) is 0.893. The van der Waals surface area contributed by atoms with Crippen molar-refractivity contribution in [2.75, 3.05) is 0 Å². The van der Waals surface area contributed by atoms with Crippen LogP contribution >= 0.6 is 0 Å². The van der Waals surface area contributed by atoms with Crippen molar-refractivity contribution in [3.05, 3.63) is 71.8 Å². The minimum atomic E-state index is 0.0118. The highest BCUT2D eigenvalue weighted by Crippen LogP contribution is 2.31. The van der Waals surface area contributed by atoms with Gasteiger partial charge in [-0.15, -0.1) is 0 Å². The number of hydrogen-bond acceptors (Lipinski definition) is 2. The predicted molar refractivity (Wildman–Crippen MR) is 92.2 cm³/mol. The molecule has 0 N–H and O–H groups in total. The summed E-state index contributed by atoms with van der Waals surface area (Å²) in [6, 6.07) is 18.5. The average molecular weight is 291 g/mol. The molecule has 1 atom stereocenters. The van der Waals surface area contributed by atoms with Gasteiger partial charge < -0.3 is 4.74 Å². The second kappa shape index (κ2) is 7.08.